The van der Waals surface area contributed by atoms with E-state index in [2.05, 4.69) is 0 Å². The maximum atomic E-state index is 10.4. The molecule has 0 radical (unpaired) electrons. The summed E-state index contributed by atoms with van der Waals surface area (Å²) >= 11 is 0. The normalized spacial score (nSPS) is 21.5. The average Bonchev–Trinajstić information content (AvgIpc) is 2.40. The predicted molar refractivity (Wildman–Crippen MR) is 69.4 cm³/mol. The van der Waals surface area contributed by atoms with Gasteiger partial charge < -0.3 is 20.1 Å². The summed E-state index contributed by atoms with van der Waals surface area (Å²) in [5.41, 5.74) is 1.58. The van der Waals surface area contributed by atoms with Crippen LogP contribution >= 0.6 is 0 Å². The molecule has 0 spiro atoms. The lowest BCUT2D eigenvalue weighted by Gasteiger charge is -2.30. The fourth-order valence-electron chi connectivity index (χ4n) is 2.38. The summed E-state index contributed by atoms with van der Waals surface area (Å²) in [6.45, 7) is 0.336. The summed E-state index contributed by atoms with van der Waals surface area (Å²) in [6, 6.07) is 11.4. The molecule has 3 N–H and O–H groups in total. The van der Waals surface area contributed by atoms with E-state index in [1.54, 1.807) is 30.3 Å². The molecule has 4 heteroatoms. The van der Waals surface area contributed by atoms with Gasteiger partial charge in [0, 0.05) is 17.5 Å². The van der Waals surface area contributed by atoms with E-state index in [9.17, 15) is 15.3 Å². The molecule has 4 nitrogen and oxygen atoms in total. The third kappa shape index (κ3) is 2.11. The number of phenolic OH excluding ortho intramolecular Hbond substituents is 2. The lowest BCUT2D eigenvalue weighted by atomic mass is 9.87. The lowest BCUT2D eigenvalue weighted by molar-refractivity contribution is 0.0887. The van der Waals surface area contributed by atoms with Crippen molar-refractivity contribution in [2.45, 2.75) is 12.0 Å². The SMILES string of the molecule is Oc1ccc([C@@H]2COc3cc(O)ccc3[C@@H]2O)cc1. The Labute approximate surface area is 110 Å². The minimum atomic E-state index is -0.686. The van der Waals surface area contributed by atoms with Crippen LogP contribution in [0.5, 0.6) is 17.2 Å². The number of hydrogen-bond donors (Lipinski definition) is 3. The van der Waals surface area contributed by atoms with E-state index in [1.165, 1.54) is 12.1 Å². The standard InChI is InChI=1S/C15H14O4/c16-10-3-1-9(2-4-10)13-8-19-14-7-11(17)5-6-12(14)15(13)18/h1-7,13,15-18H,8H2/t13-,15-/m0/s1. The van der Waals surface area contributed by atoms with Gasteiger partial charge in [0.05, 0.1) is 12.7 Å². The first kappa shape index (κ1) is 11.9. The molecule has 19 heavy (non-hydrogen) atoms. The zero-order valence-corrected chi connectivity index (χ0v) is 10.2. The molecule has 0 saturated heterocycles. The van der Waals surface area contributed by atoms with Crippen molar-refractivity contribution in [2.75, 3.05) is 6.61 Å². The van der Waals surface area contributed by atoms with E-state index in [0.29, 0.717) is 17.9 Å². The highest BCUT2D eigenvalue weighted by Crippen LogP contribution is 2.41. The number of ether oxygens (including phenoxy) is 1. The van der Waals surface area contributed by atoms with Crippen LogP contribution in [0.25, 0.3) is 0 Å². The van der Waals surface area contributed by atoms with Crippen LogP contribution in [0.15, 0.2) is 42.5 Å². The Kier molecular flexibility index (Phi) is 2.80. The minimum absolute atomic E-state index is 0.119. The molecular weight excluding hydrogens is 244 g/mol. The van der Waals surface area contributed by atoms with Crippen LogP contribution in [0, 0.1) is 0 Å². The molecule has 98 valence electrons. The maximum absolute atomic E-state index is 10.4. The molecule has 1 heterocycles. The second kappa shape index (κ2) is 4.48. The van der Waals surface area contributed by atoms with Gasteiger partial charge in [-0.2, -0.15) is 0 Å². The summed E-state index contributed by atoms with van der Waals surface area (Å²) in [5.74, 6) is 0.648. The van der Waals surface area contributed by atoms with Gasteiger partial charge in [0.15, 0.2) is 0 Å². The smallest absolute Gasteiger partial charge is 0.128 e. The second-order valence-electron chi connectivity index (χ2n) is 4.68. The molecule has 0 aliphatic carbocycles. The Balaban J connectivity index is 1.95. The zero-order chi connectivity index (χ0) is 13.4. The first-order valence-corrected chi connectivity index (χ1v) is 6.08. The average molecular weight is 258 g/mol. The molecule has 2 aromatic rings. The van der Waals surface area contributed by atoms with Gasteiger partial charge in [-0.1, -0.05) is 12.1 Å². The molecule has 2 aromatic carbocycles. The fraction of sp³-hybridized carbons (Fsp3) is 0.200. The van der Waals surface area contributed by atoms with E-state index in [4.69, 9.17) is 4.74 Å². The van der Waals surface area contributed by atoms with Crippen LogP contribution in [0.3, 0.4) is 0 Å². The van der Waals surface area contributed by atoms with Crippen LogP contribution in [0.1, 0.15) is 23.1 Å². The van der Waals surface area contributed by atoms with E-state index >= 15 is 0 Å². The lowest BCUT2D eigenvalue weighted by Crippen LogP contribution is -2.24. The van der Waals surface area contributed by atoms with Crippen LogP contribution in [0.2, 0.25) is 0 Å². The number of aliphatic hydroxyl groups excluding tert-OH is 1. The summed E-state index contributed by atoms with van der Waals surface area (Å²) < 4.78 is 5.59. The van der Waals surface area contributed by atoms with Gasteiger partial charge in [0.2, 0.25) is 0 Å². The van der Waals surface area contributed by atoms with Crippen molar-refractivity contribution in [2.24, 2.45) is 0 Å². The highest BCUT2D eigenvalue weighted by atomic mass is 16.5. The summed E-state index contributed by atoms with van der Waals surface area (Å²) in [5, 5.41) is 29.1. The van der Waals surface area contributed by atoms with Gasteiger partial charge in [-0.05, 0) is 29.8 Å². The number of hydrogen-bond acceptors (Lipinski definition) is 4. The molecule has 0 aromatic heterocycles. The number of benzene rings is 2. The minimum Gasteiger partial charge on any atom is -0.508 e. The van der Waals surface area contributed by atoms with E-state index < -0.39 is 6.10 Å². The third-order valence-corrected chi connectivity index (χ3v) is 3.44. The van der Waals surface area contributed by atoms with E-state index in [-0.39, 0.29) is 17.4 Å². The number of aliphatic hydroxyl groups is 1. The molecule has 3 rings (SSSR count). The van der Waals surface area contributed by atoms with Gasteiger partial charge in [-0.3, -0.25) is 0 Å². The van der Waals surface area contributed by atoms with Gasteiger partial charge in [0.1, 0.15) is 17.2 Å². The van der Waals surface area contributed by atoms with Gasteiger partial charge >= 0.3 is 0 Å². The topological polar surface area (TPSA) is 69.9 Å². The van der Waals surface area contributed by atoms with Crippen molar-refractivity contribution in [1.29, 1.82) is 0 Å². The summed E-state index contributed by atoms with van der Waals surface area (Å²) in [4.78, 5) is 0. The predicted octanol–water partition coefficient (Wildman–Crippen LogP) is 2.31. The summed E-state index contributed by atoms with van der Waals surface area (Å²) in [6.07, 6.45) is -0.686. The summed E-state index contributed by atoms with van der Waals surface area (Å²) in [7, 11) is 0. The number of rotatable bonds is 1. The zero-order valence-electron chi connectivity index (χ0n) is 10.2. The third-order valence-electron chi connectivity index (χ3n) is 3.44. The maximum Gasteiger partial charge on any atom is 0.128 e. The van der Waals surface area contributed by atoms with Crippen LogP contribution in [-0.4, -0.2) is 21.9 Å². The Morgan fingerprint density at radius 1 is 0.947 bits per heavy atom. The Bertz CT molecular complexity index is 592. The van der Waals surface area contributed by atoms with Crippen molar-refractivity contribution in [3.8, 4) is 17.2 Å². The quantitative estimate of drug-likeness (QED) is 0.734. The molecule has 1 aliphatic heterocycles. The van der Waals surface area contributed by atoms with E-state index in [1.807, 2.05) is 0 Å². The van der Waals surface area contributed by atoms with Crippen molar-refractivity contribution in [3.05, 3.63) is 53.6 Å². The molecule has 0 saturated carbocycles. The molecular formula is C15H14O4. The fourth-order valence-corrected chi connectivity index (χ4v) is 2.38. The molecule has 0 amide bonds. The van der Waals surface area contributed by atoms with Crippen molar-refractivity contribution >= 4 is 0 Å². The number of aromatic hydroxyl groups is 2. The monoisotopic (exact) mass is 258 g/mol. The number of fused-ring (bicyclic) bond motifs is 1. The first-order valence-electron chi connectivity index (χ1n) is 6.08. The highest BCUT2D eigenvalue weighted by molar-refractivity contribution is 5.45. The Hall–Kier alpha value is -2.20. The van der Waals surface area contributed by atoms with Crippen molar-refractivity contribution in [1.82, 2.24) is 0 Å². The van der Waals surface area contributed by atoms with Crippen LogP contribution < -0.4 is 4.74 Å². The molecule has 0 bridgehead atoms. The first-order chi connectivity index (χ1) is 9.15. The second-order valence-corrected chi connectivity index (χ2v) is 4.68. The Morgan fingerprint density at radius 2 is 1.63 bits per heavy atom. The molecule has 0 unspecified atom stereocenters. The van der Waals surface area contributed by atoms with Gasteiger partial charge in [-0.25, -0.2) is 0 Å². The molecule has 2 atom stereocenters. The number of phenols is 2. The largest absolute Gasteiger partial charge is 0.508 e. The van der Waals surface area contributed by atoms with Crippen LogP contribution in [-0.2, 0) is 0 Å². The van der Waals surface area contributed by atoms with Crippen LogP contribution in [0.4, 0.5) is 0 Å². The Morgan fingerprint density at radius 3 is 2.37 bits per heavy atom. The molecule has 1 aliphatic rings. The van der Waals surface area contributed by atoms with Crippen molar-refractivity contribution < 1.29 is 20.1 Å². The van der Waals surface area contributed by atoms with E-state index in [0.717, 1.165) is 5.56 Å². The molecule has 0 fully saturated rings. The van der Waals surface area contributed by atoms with Gasteiger partial charge in [0.25, 0.3) is 0 Å². The highest BCUT2D eigenvalue weighted by Gasteiger charge is 2.30. The van der Waals surface area contributed by atoms with Crippen molar-refractivity contribution in [3.63, 3.8) is 0 Å². The van der Waals surface area contributed by atoms with Gasteiger partial charge in [-0.15, -0.1) is 0 Å².